The fraction of sp³-hybridized carbons (Fsp3) is 0.630. The van der Waals surface area contributed by atoms with E-state index < -0.39 is 0 Å². The van der Waals surface area contributed by atoms with E-state index in [1.54, 1.807) is 0 Å². The van der Waals surface area contributed by atoms with Gasteiger partial charge in [0.15, 0.2) is 0 Å². The molecule has 0 saturated carbocycles. The molecule has 0 aliphatic rings. The molecule has 0 fully saturated rings. The van der Waals surface area contributed by atoms with Crippen molar-refractivity contribution in [2.45, 2.75) is 111 Å². The van der Waals surface area contributed by atoms with E-state index in [2.05, 4.69) is 91.7 Å². The zero-order valence-electron chi connectivity index (χ0n) is 22.0. The van der Waals surface area contributed by atoms with Crippen LogP contribution in [0.1, 0.15) is 115 Å². The monoisotopic (exact) mass is 435 g/mol. The lowest BCUT2D eigenvalue weighted by molar-refractivity contribution is 0.416. The van der Waals surface area contributed by atoms with Crippen LogP contribution in [-0.4, -0.2) is 24.3 Å². The first-order valence-electron chi connectivity index (χ1n) is 11.8. The van der Waals surface area contributed by atoms with Crippen LogP contribution < -0.4 is 0 Å². The summed E-state index contributed by atoms with van der Waals surface area (Å²) in [4.78, 5) is 19.5. The number of imidazole rings is 1. The Labute approximate surface area is 194 Å². The highest BCUT2D eigenvalue weighted by molar-refractivity contribution is 5.54. The molecule has 5 heteroatoms. The van der Waals surface area contributed by atoms with Gasteiger partial charge >= 0.3 is 0 Å². The molecule has 0 radical (unpaired) electrons. The number of hydrogen-bond donors (Lipinski definition) is 0. The molecule has 5 nitrogen and oxygen atoms in total. The van der Waals surface area contributed by atoms with E-state index in [1.165, 1.54) is 5.56 Å². The molecular formula is C27H41N5. The summed E-state index contributed by atoms with van der Waals surface area (Å²) in [6, 6.07) is 0. The molecule has 3 aromatic rings. The highest BCUT2D eigenvalue weighted by Crippen LogP contribution is 2.35. The van der Waals surface area contributed by atoms with E-state index in [4.69, 9.17) is 15.0 Å². The predicted molar refractivity (Wildman–Crippen MR) is 133 cm³/mol. The predicted octanol–water partition coefficient (Wildman–Crippen LogP) is 6.59. The summed E-state index contributed by atoms with van der Waals surface area (Å²) in [5.74, 6) is 1.39. The molecule has 0 spiro atoms. The van der Waals surface area contributed by atoms with Gasteiger partial charge in [-0.15, -0.1) is 0 Å². The van der Waals surface area contributed by atoms with Crippen molar-refractivity contribution in [3.63, 3.8) is 0 Å². The van der Waals surface area contributed by atoms with Crippen LogP contribution in [0.15, 0.2) is 18.6 Å². The van der Waals surface area contributed by atoms with Gasteiger partial charge in [0, 0.05) is 46.6 Å². The topological polar surface area (TPSA) is 56.0 Å². The largest absolute Gasteiger partial charge is 0.287 e. The van der Waals surface area contributed by atoms with E-state index in [-0.39, 0.29) is 16.2 Å². The Bertz CT molecular complexity index is 1110. The molecule has 0 N–H and O–H groups in total. The normalized spacial score (nSPS) is 14.2. The van der Waals surface area contributed by atoms with Crippen LogP contribution in [0.3, 0.4) is 0 Å². The summed E-state index contributed by atoms with van der Waals surface area (Å²) >= 11 is 0. The minimum absolute atomic E-state index is 0.00284. The zero-order valence-corrected chi connectivity index (χ0v) is 22.0. The van der Waals surface area contributed by atoms with Crippen molar-refractivity contribution in [3.8, 4) is 0 Å². The van der Waals surface area contributed by atoms with Gasteiger partial charge in [0.2, 0.25) is 0 Å². The summed E-state index contributed by atoms with van der Waals surface area (Å²) in [5, 5.41) is 0. The fourth-order valence-electron chi connectivity index (χ4n) is 4.67. The SMILES string of the molecule is Cc1nc(C(C)(C)C)cnc1C(C)(C)CCC(C)c1nc(C)c(C(C)(C)C)c2nccn12. The summed E-state index contributed by atoms with van der Waals surface area (Å²) in [7, 11) is 0. The van der Waals surface area contributed by atoms with E-state index in [1.807, 2.05) is 12.4 Å². The molecule has 3 aromatic heterocycles. The highest BCUT2D eigenvalue weighted by atomic mass is 15.1. The van der Waals surface area contributed by atoms with Gasteiger partial charge in [0.1, 0.15) is 11.5 Å². The fourth-order valence-corrected chi connectivity index (χ4v) is 4.67. The summed E-state index contributed by atoms with van der Waals surface area (Å²) in [5.41, 5.74) is 6.47. The number of nitrogens with zero attached hydrogens (tertiary/aromatic N) is 5. The second kappa shape index (κ2) is 8.24. The molecule has 32 heavy (non-hydrogen) atoms. The van der Waals surface area contributed by atoms with Crippen LogP contribution in [0.2, 0.25) is 0 Å². The Kier molecular flexibility index (Phi) is 6.27. The minimum atomic E-state index is -0.0593. The smallest absolute Gasteiger partial charge is 0.143 e. The van der Waals surface area contributed by atoms with Crippen molar-refractivity contribution in [2.75, 3.05) is 0 Å². The Morgan fingerprint density at radius 3 is 2.09 bits per heavy atom. The maximum atomic E-state index is 5.06. The molecule has 0 aliphatic carbocycles. The van der Waals surface area contributed by atoms with Crippen LogP contribution in [0.25, 0.3) is 5.65 Å². The van der Waals surface area contributed by atoms with Gasteiger partial charge in [-0.1, -0.05) is 62.3 Å². The van der Waals surface area contributed by atoms with E-state index >= 15 is 0 Å². The van der Waals surface area contributed by atoms with Gasteiger partial charge < -0.3 is 0 Å². The lowest BCUT2D eigenvalue weighted by Gasteiger charge is -2.29. The number of fused-ring (bicyclic) bond motifs is 1. The van der Waals surface area contributed by atoms with Crippen LogP contribution in [0, 0.1) is 13.8 Å². The minimum Gasteiger partial charge on any atom is -0.287 e. The molecule has 0 amide bonds. The highest BCUT2D eigenvalue weighted by Gasteiger charge is 2.29. The lowest BCUT2D eigenvalue weighted by atomic mass is 9.80. The van der Waals surface area contributed by atoms with Crippen molar-refractivity contribution in [3.05, 3.63) is 52.8 Å². The molecule has 0 aromatic carbocycles. The van der Waals surface area contributed by atoms with Crippen LogP contribution >= 0.6 is 0 Å². The Balaban J connectivity index is 1.87. The number of aromatic nitrogens is 5. The summed E-state index contributed by atoms with van der Waals surface area (Å²) in [6.45, 7) is 24.3. The maximum absolute atomic E-state index is 5.06. The molecule has 0 bridgehead atoms. The number of aryl methyl sites for hydroxylation is 2. The van der Waals surface area contributed by atoms with E-state index in [0.717, 1.165) is 47.1 Å². The van der Waals surface area contributed by atoms with Crippen molar-refractivity contribution in [1.29, 1.82) is 0 Å². The Morgan fingerprint density at radius 1 is 0.875 bits per heavy atom. The first-order chi connectivity index (χ1) is 14.6. The lowest BCUT2D eigenvalue weighted by Crippen LogP contribution is -2.24. The van der Waals surface area contributed by atoms with Crippen molar-refractivity contribution < 1.29 is 0 Å². The first-order valence-corrected chi connectivity index (χ1v) is 11.8. The van der Waals surface area contributed by atoms with Crippen molar-refractivity contribution >= 4 is 5.65 Å². The molecule has 0 saturated heterocycles. The molecule has 1 unspecified atom stereocenters. The quantitative estimate of drug-likeness (QED) is 0.453. The van der Waals surface area contributed by atoms with Crippen LogP contribution in [0.4, 0.5) is 0 Å². The van der Waals surface area contributed by atoms with Crippen molar-refractivity contribution in [1.82, 2.24) is 24.3 Å². The van der Waals surface area contributed by atoms with Gasteiger partial charge in [0.05, 0.1) is 17.1 Å². The maximum Gasteiger partial charge on any atom is 0.143 e. The number of rotatable bonds is 5. The molecule has 1 atom stereocenters. The average molecular weight is 436 g/mol. The standard InChI is InChI=1S/C27H41N5/c1-17(23-31-18(2)21(26(7,8)9)24-28-14-15-32(23)24)12-13-27(10,11)22-19(3)30-20(16-29-22)25(4,5)6/h14-17H,12-13H2,1-11H3. The van der Waals surface area contributed by atoms with E-state index in [0.29, 0.717) is 5.92 Å². The average Bonchev–Trinajstić information content (AvgIpc) is 3.12. The molecule has 174 valence electrons. The second-order valence-corrected chi connectivity index (χ2v) is 12.1. The molecule has 0 aliphatic heterocycles. The number of hydrogen-bond acceptors (Lipinski definition) is 4. The van der Waals surface area contributed by atoms with Crippen LogP contribution in [0.5, 0.6) is 0 Å². The van der Waals surface area contributed by atoms with E-state index in [9.17, 15) is 0 Å². The second-order valence-electron chi connectivity index (χ2n) is 12.1. The summed E-state index contributed by atoms with van der Waals surface area (Å²) < 4.78 is 2.19. The van der Waals surface area contributed by atoms with Gasteiger partial charge in [-0.3, -0.25) is 14.4 Å². The molecular weight excluding hydrogens is 394 g/mol. The van der Waals surface area contributed by atoms with Crippen LogP contribution in [-0.2, 0) is 16.2 Å². The molecule has 3 rings (SSSR count). The van der Waals surface area contributed by atoms with Gasteiger partial charge in [0.25, 0.3) is 0 Å². The zero-order chi connectivity index (χ0) is 24.1. The Hall–Kier alpha value is -2.30. The van der Waals surface area contributed by atoms with Crippen molar-refractivity contribution in [2.24, 2.45) is 0 Å². The van der Waals surface area contributed by atoms with Gasteiger partial charge in [-0.05, 0) is 32.1 Å². The third kappa shape index (κ3) is 4.72. The Morgan fingerprint density at radius 2 is 1.53 bits per heavy atom. The van der Waals surface area contributed by atoms with Gasteiger partial charge in [-0.25, -0.2) is 9.97 Å². The van der Waals surface area contributed by atoms with Gasteiger partial charge in [-0.2, -0.15) is 0 Å². The molecule has 3 heterocycles. The third-order valence-electron chi connectivity index (χ3n) is 6.50. The third-order valence-corrected chi connectivity index (χ3v) is 6.50. The summed E-state index contributed by atoms with van der Waals surface area (Å²) in [6.07, 6.45) is 7.93. The first kappa shape index (κ1) is 24.3.